The SMILES string of the molecule is O=[N+]([O-])c1ccc(S(=O)(=O)N2C[C@H]3CNCC[C@H]3C2)cc1. The Kier molecular flexibility index (Phi) is 3.68. The Labute approximate surface area is 123 Å². The molecule has 7 nitrogen and oxygen atoms in total. The molecule has 3 rings (SSSR count). The topological polar surface area (TPSA) is 92.5 Å². The van der Waals surface area contributed by atoms with E-state index in [1.54, 1.807) is 0 Å². The average Bonchev–Trinajstić information content (AvgIpc) is 2.92. The summed E-state index contributed by atoms with van der Waals surface area (Å²) in [4.78, 5) is 10.2. The Bertz CT molecular complexity index is 630. The summed E-state index contributed by atoms with van der Waals surface area (Å²) in [5.41, 5.74) is -0.103. The van der Waals surface area contributed by atoms with Crippen molar-refractivity contribution >= 4 is 15.7 Å². The van der Waals surface area contributed by atoms with E-state index in [0.717, 1.165) is 19.5 Å². The lowest BCUT2D eigenvalue weighted by atomic mass is 9.90. The monoisotopic (exact) mass is 311 g/mol. The summed E-state index contributed by atoms with van der Waals surface area (Å²) in [7, 11) is -3.56. The number of non-ortho nitro benzene ring substituents is 1. The molecule has 0 saturated carbocycles. The van der Waals surface area contributed by atoms with E-state index in [1.165, 1.54) is 28.6 Å². The minimum absolute atomic E-state index is 0.103. The minimum atomic E-state index is -3.56. The summed E-state index contributed by atoms with van der Waals surface area (Å²) >= 11 is 0. The number of piperidine rings is 1. The molecule has 0 amide bonds. The van der Waals surface area contributed by atoms with Crippen LogP contribution >= 0.6 is 0 Å². The van der Waals surface area contributed by atoms with Crippen LogP contribution < -0.4 is 5.32 Å². The van der Waals surface area contributed by atoms with Gasteiger partial charge < -0.3 is 5.32 Å². The molecule has 2 atom stereocenters. The van der Waals surface area contributed by atoms with Gasteiger partial charge in [-0.2, -0.15) is 4.31 Å². The third-order valence-electron chi connectivity index (χ3n) is 4.33. The first kappa shape index (κ1) is 14.4. The number of nitrogens with zero attached hydrogens (tertiary/aromatic N) is 2. The maximum absolute atomic E-state index is 12.6. The number of fused-ring (bicyclic) bond motifs is 1. The van der Waals surface area contributed by atoms with Gasteiger partial charge in [0, 0.05) is 25.2 Å². The molecule has 1 N–H and O–H groups in total. The fraction of sp³-hybridized carbons (Fsp3) is 0.538. The lowest BCUT2D eigenvalue weighted by Crippen LogP contribution is -2.35. The van der Waals surface area contributed by atoms with Crippen LogP contribution in [-0.2, 0) is 10.0 Å². The van der Waals surface area contributed by atoms with E-state index >= 15 is 0 Å². The van der Waals surface area contributed by atoms with Crippen LogP contribution in [0.1, 0.15) is 6.42 Å². The molecule has 0 aromatic heterocycles. The quantitative estimate of drug-likeness (QED) is 0.659. The predicted octanol–water partition coefficient (Wildman–Crippen LogP) is 0.825. The zero-order valence-electron chi connectivity index (χ0n) is 11.4. The zero-order chi connectivity index (χ0) is 15.0. The van der Waals surface area contributed by atoms with E-state index in [-0.39, 0.29) is 10.6 Å². The van der Waals surface area contributed by atoms with Gasteiger partial charge in [0.15, 0.2) is 0 Å². The van der Waals surface area contributed by atoms with Crippen molar-refractivity contribution < 1.29 is 13.3 Å². The van der Waals surface area contributed by atoms with E-state index in [0.29, 0.717) is 24.9 Å². The van der Waals surface area contributed by atoms with Crippen LogP contribution in [0.2, 0.25) is 0 Å². The zero-order valence-corrected chi connectivity index (χ0v) is 12.3. The van der Waals surface area contributed by atoms with Gasteiger partial charge in [0.05, 0.1) is 9.82 Å². The van der Waals surface area contributed by atoms with Crippen molar-refractivity contribution in [1.29, 1.82) is 0 Å². The van der Waals surface area contributed by atoms with Crippen LogP contribution in [0, 0.1) is 22.0 Å². The van der Waals surface area contributed by atoms with Crippen LogP contribution in [-0.4, -0.2) is 43.8 Å². The molecular weight excluding hydrogens is 294 g/mol. The van der Waals surface area contributed by atoms with Crippen molar-refractivity contribution in [2.75, 3.05) is 26.2 Å². The highest BCUT2D eigenvalue weighted by Crippen LogP contribution is 2.32. The van der Waals surface area contributed by atoms with Crippen LogP contribution in [0.5, 0.6) is 0 Å². The van der Waals surface area contributed by atoms with Crippen LogP contribution in [0.15, 0.2) is 29.2 Å². The number of nitrogens with one attached hydrogen (secondary N) is 1. The maximum atomic E-state index is 12.6. The van der Waals surface area contributed by atoms with Crippen LogP contribution in [0.25, 0.3) is 0 Å². The number of nitro groups is 1. The van der Waals surface area contributed by atoms with Crippen molar-refractivity contribution in [2.45, 2.75) is 11.3 Å². The molecule has 0 spiro atoms. The van der Waals surface area contributed by atoms with Gasteiger partial charge in [-0.3, -0.25) is 10.1 Å². The van der Waals surface area contributed by atoms with Gasteiger partial charge in [-0.1, -0.05) is 0 Å². The Hall–Kier alpha value is -1.51. The first-order chi connectivity index (χ1) is 9.98. The summed E-state index contributed by atoms with van der Waals surface area (Å²) in [6.07, 6.45) is 0.997. The van der Waals surface area contributed by atoms with Crippen molar-refractivity contribution in [3.8, 4) is 0 Å². The second-order valence-electron chi connectivity index (χ2n) is 5.59. The first-order valence-electron chi connectivity index (χ1n) is 6.94. The van der Waals surface area contributed by atoms with Gasteiger partial charge in [0.1, 0.15) is 0 Å². The molecule has 0 bridgehead atoms. The van der Waals surface area contributed by atoms with Gasteiger partial charge in [0.25, 0.3) is 5.69 Å². The highest BCUT2D eigenvalue weighted by molar-refractivity contribution is 7.89. The van der Waals surface area contributed by atoms with Crippen molar-refractivity contribution in [1.82, 2.24) is 9.62 Å². The van der Waals surface area contributed by atoms with Gasteiger partial charge in [-0.05, 0) is 43.5 Å². The maximum Gasteiger partial charge on any atom is 0.269 e. The second kappa shape index (κ2) is 5.36. The third kappa shape index (κ3) is 2.66. The molecule has 1 aromatic carbocycles. The van der Waals surface area contributed by atoms with Crippen LogP contribution in [0.3, 0.4) is 0 Å². The van der Waals surface area contributed by atoms with E-state index in [2.05, 4.69) is 5.32 Å². The summed E-state index contributed by atoms with van der Waals surface area (Å²) in [5, 5.41) is 13.9. The van der Waals surface area contributed by atoms with Gasteiger partial charge in [-0.15, -0.1) is 0 Å². The van der Waals surface area contributed by atoms with Crippen LogP contribution in [0.4, 0.5) is 5.69 Å². The fourth-order valence-electron chi connectivity index (χ4n) is 3.11. The van der Waals surface area contributed by atoms with E-state index in [1.807, 2.05) is 0 Å². The summed E-state index contributed by atoms with van der Waals surface area (Å²) in [6, 6.07) is 5.09. The molecule has 1 aromatic rings. The molecule has 0 unspecified atom stereocenters. The number of rotatable bonds is 3. The Balaban J connectivity index is 1.82. The largest absolute Gasteiger partial charge is 0.316 e. The molecule has 2 heterocycles. The molecule has 2 saturated heterocycles. The average molecular weight is 311 g/mol. The summed E-state index contributed by atoms with van der Waals surface area (Å²) < 4.78 is 26.7. The number of nitro benzene ring substituents is 1. The highest BCUT2D eigenvalue weighted by Gasteiger charge is 2.40. The second-order valence-corrected chi connectivity index (χ2v) is 7.52. The number of hydrogen-bond acceptors (Lipinski definition) is 5. The summed E-state index contributed by atoms with van der Waals surface area (Å²) in [6.45, 7) is 2.87. The van der Waals surface area contributed by atoms with Gasteiger partial charge in [0.2, 0.25) is 10.0 Å². The molecule has 0 aliphatic carbocycles. The molecular formula is C13H17N3O4S. The lowest BCUT2D eigenvalue weighted by Gasteiger charge is -2.24. The lowest BCUT2D eigenvalue weighted by molar-refractivity contribution is -0.384. The highest BCUT2D eigenvalue weighted by atomic mass is 32.2. The van der Waals surface area contributed by atoms with Crippen molar-refractivity contribution in [2.24, 2.45) is 11.8 Å². The number of sulfonamides is 1. The Morgan fingerprint density at radius 3 is 2.48 bits per heavy atom. The smallest absolute Gasteiger partial charge is 0.269 e. The van der Waals surface area contributed by atoms with Crippen molar-refractivity contribution in [3.63, 3.8) is 0 Å². The Morgan fingerprint density at radius 1 is 1.19 bits per heavy atom. The molecule has 21 heavy (non-hydrogen) atoms. The molecule has 8 heteroatoms. The molecule has 0 radical (unpaired) electrons. The minimum Gasteiger partial charge on any atom is -0.316 e. The predicted molar refractivity (Wildman–Crippen MR) is 76.3 cm³/mol. The molecule has 114 valence electrons. The van der Waals surface area contributed by atoms with Gasteiger partial charge >= 0.3 is 0 Å². The molecule has 2 fully saturated rings. The normalized spacial score (nSPS) is 26.5. The van der Waals surface area contributed by atoms with E-state index in [9.17, 15) is 18.5 Å². The molecule has 2 aliphatic heterocycles. The fourth-order valence-corrected chi connectivity index (χ4v) is 4.67. The van der Waals surface area contributed by atoms with Gasteiger partial charge in [-0.25, -0.2) is 8.42 Å². The van der Waals surface area contributed by atoms with E-state index < -0.39 is 14.9 Å². The van der Waals surface area contributed by atoms with E-state index in [4.69, 9.17) is 0 Å². The number of benzene rings is 1. The van der Waals surface area contributed by atoms with Crippen molar-refractivity contribution in [3.05, 3.63) is 34.4 Å². The Morgan fingerprint density at radius 2 is 1.86 bits per heavy atom. The third-order valence-corrected chi connectivity index (χ3v) is 6.17. The number of hydrogen-bond donors (Lipinski definition) is 1. The summed E-state index contributed by atoms with van der Waals surface area (Å²) in [5.74, 6) is 0.783. The molecule has 2 aliphatic rings. The first-order valence-corrected chi connectivity index (χ1v) is 8.38. The standard InChI is InChI=1S/C13H17N3O4S/c17-16(18)12-1-3-13(4-2-12)21(19,20)15-8-10-5-6-14-7-11(10)9-15/h1-4,10-11,14H,5-9H2/t10-,11+/m0/s1.